The number of carbonyl (C=O) groups excluding carboxylic acids is 1. The van der Waals surface area contributed by atoms with Crippen molar-refractivity contribution < 1.29 is 28.1 Å². The smallest absolute Gasteiger partial charge is 0.303 e. The Labute approximate surface area is 207 Å². The van der Waals surface area contributed by atoms with Gasteiger partial charge in [-0.05, 0) is 42.9 Å². The fourth-order valence-electron chi connectivity index (χ4n) is 4.15. The van der Waals surface area contributed by atoms with Crippen LogP contribution in [0.5, 0.6) is 0 Å². The largest absolute Gasteiger partial charge is 0.481 e. The number of hydrogen-bond donors (Lipinski definition) is 1. The molecule has 9 heteroatoms. The first-order valence-electron chi connectivity index (χ1n) is 11.7. The topological polar surface area (TPSA) is 106 Å². The Hall–Kier alpha value is -3.00. The molecule has 1 atom stereocenters. The summed E-state index contributed by atoms with van der Waals surface area (Å²) in [5, 5.41) is 18.0. The lowest BCUT2D eigenvalue weighted by Gasteiger charge is -2.15. The summed E-state index contributed by atoms with van der Waals surface area (Å²) in [5.41, 5.74) is 1.98. The molecule has 4 rings (SSSR count). The lowest BCUT2D eigenvalue weighted by molar-refractivity contribution is -0.137. The lowest BCUT2D eigenvalue weighted by atomic mass is 9.87. The molecule has 1 N–H and O–H groups in total. The van der Waals surface area contributed by atoms with E-state index >= 15 is 0 Å². The van der Waals surface area contributed by atoms with Crippen molar-refractivity contribution in [2.45, 2.75) is 76.5 Å². The van der Waals surface area contributed by atoms with Crippen molar-refractivity contribution in [2.75, 3.05) is 0 Å². The first-order valence-corrected chi connectivity index (χ1v) is 12.0. The number of rotatable bonds is 10. The third kappa shape index (κ3) is 5.99. The Balaban J connectivity index is 1.63. The van der Waals surface area contributed by atoms with Crippen LogP contribution in [0.25, 0.3) is 11.5 Å². The maximum Gasteiger partial charge on any atom is 0.303 e. The van der Waals surface area contributed by atoms with Gasteiger partial charge in [-0.15, -0.1) is 0 Å². The van der Waals surface area contributed by atoms with Crippen LogP contribution in [0.2, 0.25) is 5.02 Å². The molecule has 0 saturated heterocycles. The van der Waals surface area contributed by atoms with Crippen molar-refractivity contribution in [1.29, 1.82) is 0 Å². The summed E-state index contributed by atoms with van der Waals surface area (Å²) < 4.78 is 25.5. The van der Waals surface area contributed by atoms with Gasteiger partial charge in [-0.1, -0.05) is 48.8 Å². The molecule has 0 unspecified atom stereocenters. The van der Waals surface area contributed by atoms with Gasteiger partial charge in [0.05, 0.1) is 5.69 Å². The molecule has 1 aromatic carbocycles. The van der Waals surface area contributed by atoms with Gasteiger partial charge in [0, 0.05) is 47.2 Å². The predicted molar refractivity (Wildman–Crippen MR) is 127 cm³/mol. The highest BCUT2D eigenvalue weighted by molar-refractivity contribution is 6.30. The van der Waals surface area contributed by atoms with E-state index < -0.39 is 17.7 Å². The monoisotopic (exact) mass is 502 g/mol. The molecule has 0 bridgehead atoms. The van der Waals surface area contributed by atoms with E-state index in [-0.39, 0.29) is 53.4 Å². The van der Waals surface area contributed by atoms with Gasteiger partial charge in [-0.25, -0.2) is 4.39 Å². The van der Waals surface area contributed by atoms with Gasteiger partial charge in [0.1, 0.15) is 17.4 Å². The maximum absolute atomic E-state index is 14.2. The minimum absolute atomic E-state index is 0.0209. The molecule has 2 aromatic heterocycles. The predicted octanol–water partition coefficient (Wildman–Crippen LogP) is 6.45. The van der Waals surface area contributed by atoms with E-state index in [9.17, 15) is 19.1 Å². The van der Waals surface area contributed by atoms with Gasteiger partial charge >= 0.3 is 5.97 Å². The molecule has 1 aliphatic rings. The van der Waals surface area contributed by atoms with Crippen LogP contribution in [-0.2, 0) is 21.4 Å². The number of carboxylic acid groups (broad SMARTS) is 1. The summed E-state index contributed by atoms with van der Waals surface area (Å²) >= 11 is 5.81. The van der Waals surface area contributed by atoms with Crippen LogP contribution in [0.15, 0.2) is 33.3 Å². The van der Waals surface area contributed by atoms with Crippen molar-refractivity contribution in [2.24, 2.45) is 0 Å². The van der Waals surface area contributed by atoms with E-state index in [1.54, 1.807) is 0 Å². The number of hydrogen-bond acceptors (Lipinski definition) is 6. The second kappa shape index (κ2) is 9.93. The number of aromatic nitrogens is 2. The highest BCUT2D eigenvalue weighted by Crippen LogP contribution is 2.49. The highest BCUT2D eigenvalue weighted by atomic mass is 35.5. The fourth-order valence-corrected chi connectivity index (χ4v) is 4.31. The molecule has 1 saturated carbocycles. The molecule has 0 spiro atoms. The average Bonchev–Trinajstić information content (AvgIpc) is 3.30. The number of Topliss-reactive ketones (excluding diaryl/α,β-unsaturated/α-hetero) is 1. The van der Waals surface area contributed by atoms with Crippen molar-refractivity contribution in [3.05, 3.63) is 57.7 Å². The maximum atomic E-state index is 14.2. The van der Waals surface area contributed by atoms with Gasteiger partial charge < -0.3 is 14.2 Å². The normalized spacial score (nSPS) is 14.8. The van der Waals surface area contributed by atoms with Crippen molar-refractivity contribution in [3.63, 3.8) is 0 Å². The molecule has 0 amide bonds. The number of nitrogens with zero attached hydrogens (tertiary/aromatic N) is 2. The molecule has 7 nitrogen and oxygen atoms in total. The fraction of sp³-hybridized carbons (Fsp3) is 0.462. The first-order chi connectivity index (χ1) is 16.5. The zero-order valence-electron chi connectivity index (χ0n) is 19.9. The highest BCUT2D eigenvalue weighted by Gasteiger charge is 2.37. The lowest BCUT2D eigenvalue weighted by Crippen LogP contribution is -2.13. The molecular weight excluding hydrogens is 475 g/mol. The summed E-state index contributed by atoms with van der Waals surface area (Å²) in [4.78, 5) is 24.3. The SMILES string of the molecule is CC(C)(C)c1cc(-c2onc([C@@H](CCC(=O)O)CC(=O)Cc3ccc(Cl)cc3F)c2C2CC2)no1. The third-order valence-corrected chi connectivity index (χ3v) is 6.43. The number of ketones is 1. The summed E-state index contributed by atoms with van der Waals surface area (Å²) in [5.74, 6) is -0.795. The van der Waals surface area contributed by atoms with Gasteiger partial charge in [-0.2, -0.15) is 0 Å². The van der Waals surface area contributed by atoms with E-state index in [4.69, 9.17) is 20.6 Å². The Morgan fingerprint density at radius 2 is 1.94 bits per heavy atom. The van der Waals surface area contributed by atoms with Crippen molar-refractivity contribution in [1.82, 2.24) is 10.3 Å². The number of halogens is 2. The third-order valence-electron chi connectivity index (χ3n) is 6.19. The minimum Gasteiger partial charge on any atom is -0.481 e. The molecular formula is C26H28ClFN2O5. The Bertz CT molecular complexity index is 1240. The standard InChI is InChI=1S/C26H28ClFN2O5/c1-26(2,3)21-13-20(29-34-21)25-23(14-4-5-14)24(30-35-25)16(7-9-22(32)33)11-18(31)10-15-6-8-17(27)12-19(15)28/h6,8,12-14,16H,4-5,7,9-11H2,1-3H3,(H,32,33)/t16-/m0/s1. The zero-order valence-corrected chi connectivity index (χ0v) is 20.7. The Morgan fingerprint density at radius 1 is 1.20 bits per heavy atom. The molecule has 1 fully saturated rings. The van der Waals surface area contributed by atoms with Crippen LogP contribution < -0.4 is 0 Å². The number of carbonyl (C=O) groups is 2. The van der Waals surface area contributed by atoms with E-state index in [1.165, 1.54) is 18.2 Å². The van der Waals surface area contributed by atoms with E-state index in [1.807, 2.05) is 26.8 Å². The summed E-state index contributed by atoms with van der Waals surface area (Å²) in [6.45, 7) is 6.05. The van der Waals surface area contributed by atoms with Crippen LogP contribution in [0.3, 0.4) is 0 Å². The van der Waals surface area contributed by atoms with E-state index in [2.05, 4.69) is 10.3 Å². The van der Waals surface area contributed by atoms with Gasteiger partial charge in [0.2, 0.25) is 0 Å². The van der Waals surface area contributed by atoms with Gasteiger partial charge in [0.15, 0.2) is 11.5 Å². The van der Waals surface area contributed by atoms with Gasteiger partial charge in [-0.3, -0.25) is 9.59 Å². The van der Waals surface area contributed by atoms with Crippen LogP contribution in [0.1, 0.15) is 87.3 Å². The summed E-state index contributed by atoms with van der Waals surface area (Å²) in [6, 6.07) is 6.03. The van der Waals surface area contributed by atoms with Gasteiger partial charge in [0.25, 0.3) is 0 Å². The quantitative estimate of drug-likeness (QED) is 0.339. The zero-order chi connectivity index (χ0) is 25.3. The molecule has 186 valence electrons. The number of aliphatic carboxylic acids is 1. The first kappa shape index (κ1) is 25.1. The van der Waals surface area contributed by atoms with E-state index in [0.717, 1.165) is 18.4 Å². The molecule has 0 aliphatic heterocycles. The molecule has 35 heavy (non-hydrogen) atoms. The number of benzene rings is 1. The van der Waals surface area contributed by atoms with Crippen LogP contribution in [-0.4, -0.2) is 27.2 Å². The van der Waals surface area contributed by atoms with E-state index in [0.29, 0.717) is 22.9 Å². The number of carboxylic acids is 1. The summed E-state index contributed by atoms with van der Waals surface area (Å²) in [6.07, 6.45) is 1.88. The average molecular weight is 503 g/mol. The van der Waals surface area contributed by atoms with Crippen LogP contribution in [0.4, 0.5) is 4.39 Å². The molecule has 1 aliphatic carbocycles. The van der Waals surface area contributed by atoms with Crippen molar-refractivity contribution >= 4 is 23.4 Å². The molecule has 2 heterocycles. The minimum atomic E-state index is -0.964. The van der Waals surface area contributed by atoms with Crippen LogP contribution >= 0.6 is 11.6 Å². The second-order valence-corrected chi connectivity index (χ2v) is 10.6. The molecule has 3 aromatic rings. The Kier molecular flexibility index (Phi) is 7.12. The summed E-state index contributed by atoms with van der Waals surface area (Å²) in [7, 11) is 0. The second-order valence-electron chi connectivity index (χ2n) is 10.2. The van der Waals surface area contributed by atoms with Crippen molar-refractivity contribution in [3.8, 4) is 11.5 Å². The van der Waals surface area contributed by atoms with Crippen LogP contribution in [0, 0.1) is 5.82 Å². The molecule has 0 radical (unpaired) electrons. The Morgan fingerprint density at radius 3 is 2.54 bits per heavy atom.